The molecule has 4 rings (SSSR count). The molecule has 250 valence electrons. The van der Waals surface area contributed by atoms with E-state index in [-0.39, 0.29) is 23.9 Å². The molecule has 4 nitrogen and oxygen atoms in total. The van der Waals surface area contributed by atoms with Crippen LogP contribution in [0.5, 0.6) is 11.5 Å². The minimum absolute atomic E-state index is 0.156. The van der Waals surface area contributed by atoms with E-state index in [9.17, 15) is 9.59 Å². The van der Waals surface area contributed by atoms with E-state index in [2.05, 4.69) is 19.1 Å². The van der Waals surface area contributed by atoms with Crippen molar-refractivity contribution >= 4 is 11.6 Å². The van der Waals surface area contributed by atoms with Crippen molar-refractivity contribution in [2.75, 3.05) is 6.61 Å². The van der Waals surface area contributed by atoms with Gasteiger partial charge in [0.15, 0.2) is 11.6 Å². The molecule has 1 aliphatic rings. The summed E-state index contributed by atoms with van der Waals surface area (Å²) in [4.78, 5) is 25.5. The summed E-state index contributed by atoms with van der Waals surface area (Å²) >= 11 is 0. The number of carbonyl (C=O) groups is 2. The molecular weight excluding hydrogens is 580 g/mol. The lowest BCUT2D eigenvalue weighted by Crippen LogP contribution is -2.09. The van der Waals surface area contributed by atoms with Gasteiger partial charge >= 0.3 is 0 Å². The van der Waals surface area contributed by atoms with Crippen LogP contribution in [0.3, 0.4) is 0 Å². The van der Waals surface area contributed by atoms with E-state index in [1.807, 2.05) is 60.7 Å². The molecule has 3 aromatic rings. The van der Waals surface area contributed by atoms with Crippen LogP contribution in [-0.4, -0.2) is 18.2 Å². The number of ether oxygens (including phenoxy) is 2. The number of allylic oxidation sites excluding steroid dienone is 4. The largest absolute Gasteiger partial charge is 0.494 e. The number of Topliss-reactive ketones (excluding diaryl/α,β-unsaturated/α-hetero) is 2. The quantitative estimate of drug-likeness (QED) is 0.0559. The van der Waals surface area contributed by atoms with Crippen molar-refractivity contribution in [3.63, 3.8) is 0 Å². The molecule has 0 N–H and O–H groups in total. The summed E-state index contributed by atoms with van der Waals surface area (Å²) in [7, 11) is 0. The second-order valence-electron chi connectivity index (χ2n) is 12.8. The van der Waals surface area contributed by atoms with Gasteiger partial charge < -0.3 is 9.47 Å². The van der Waals surface area contributed by atoms with Gasteiger partial charge in [-0.3, -0.25) is 9.59 Å². The average Bonchev–Trinajstić information content (AvgIpc) is 3.65. The van der Waals surface area contributed by atoms with E-state index in [0.717, 1.165) is 29.9 Å². The van der Waals surface area contributed by atoms with Crippen LogP contribution < -0.4 is 9.47 Å². The van der Waals surface area contributed by atoms with Gasteiger partial charge in [-0.15, -0.1) is 0 Å². The summed E-state index contributed by atoms with van der Waals surface area (Å²) in [6.45, 7) is 3.46. The smallest absolute Gasteiger partial charge is 0.170 e. The Balaban J connectivity index is 1.04. The lowest BCUT2D eigenvalue weighted by molar-refractivity contribution is 0.0894. The van der Waals surface area contributed by atoms with Crippen molar-refractivity contribution in [3.8, 4) is 11.5 Å². The van der Waals surface area contributed by atoms with Crippen molar-refractivity contribution in [1.29, 1.82) is 0 Å². The summed E-state index contributed by atoms with van der Waals surface area (Å²) in [5.41, 5.74) is 3.24. The molecule has 0 spiro atoms. The molecule has 0 unspecified atom stereocenters. The van der Waals surface area contributed by atoms with Crippen molar-refractivity contribution in [3.05, 3.63) is 119 Å². The van der Waals surface area contributed by atoms with Gasteiger partial charge in [0.05, 0.1) is 13.0 Å². The molecule has 0 heterocycles. The van der Waals surface area contributed by atoms with Crippen molar-refractivity contribution in [1.82, 2.24) is 0 Å². The number of ketones is 2. The predicted octanol–water partition coefficient (Wildman–Crippen LogP) is 11.8. The van der Waals surface area contributed by atoms with Crippen LogP contribution in [-0.2, 0) is 6.61 Å². The van der Waals surface area contributed by atoms with Crippen molar-refractivity contribution < 1.29 is 19.1 Å². The monoisotopic (exact) mass is 634 g/mol. The van der Waals surface area contributed by atoms with Crippen LogP contribution in [0.1, 0.15) is 141 Å². The SMILES string of the molecule is CCCCCCCCCCCCCCCCOc1ccc(COc2ccc(C(=O)CC(=O)c3ccc(C4C=CC=C4)cc3)cc2)cc1. The van der Waals surface area contributed by atoms with Gasteiger partial charge in [0, 0.05) is 17.0 Å². The van der Waals surface area contributed by atoms with Crippen molar-refractivity contribution in [2.45, 2.75) is 116 Å². The summed E-state index contributed by atoms with van der Waals surface area (Å²) in [6, 6.07) is 22.6. The molecule has 0 atom stereocenters. The fourth-order valence-corrected chi connectivity index (χ4v) is 5.97. The Labute approximate surface area is 283 Å². The number of unbranched alkanes of at least 4 members (excludes halogenated alkanes) is 13. The molecular formula is C43H54O4. The van der Waals surface area contributed by atoms with Gasteiger partial charge in [-0.05, 0) is 53.9 Å². The molecule has 0 saturated heterocycles. The van der Waals surface area contributed by atoms with Gasteiger partial charge in [0.25, 0.3) is 0 Å². The lowest BCUT2D eigenvalue weighted by Gasteiger charge is -2.09. The van der Waals surface area contributed by atoms with E-state index in [1.165, 1.54) is 83.5 Å². The third-order valence-electron chi connectivity index (χ3n) is 8.96. The maximum atomic E-state index is 12.8. The minimum atomic E-state index is -0.197. The van der Waals surface area contributed by atoms with E-state index in [0.29, 0.717) is 23.5 Å². The number of benzene rings is 3. The van der Waals surface area contributed by atoms with Crippen LogP contribution in [0.4, 0.5) is 0 Å². The van der Waals surface area contributed by atoms with Crippen LogP contribution in [0.15, 0.2) is 97.1 Å². The molecule has 47 heavy (non-hydrogen) atoms. The van der Waals surface area contributed by atoms with Crippen molar-refractivity contribution in [2.24, 2.45) is 0 Å². The van der Waals surface area contributed by atoms with E-state index >= 15 is 0 Å². The first kappa shape index (κ1) is 35.9. The van der Waals surface area contributed by atoms with Gasteiger partial charge in [-0.25, -0.2) is 0 Å². The number of carbonyl (C=O) groups excluding carboxylic acids is 2. The molecule has 0 aliphatic heterocycles. The predicted molar refractivity (Wildman–Crippen MR) is 194 cm³/mol. The van der Waals surface area contributed by atoms with Gasteiger partial charge in [0.2, 0.25) is 0 Å². The molecule has 0 amide bonds. The third-order valence-corrected chi connectivity index (χ3v) is 8.96. The Bertz CT molecular complexity index is 1370. The first-order valence-corrected chi connectivity index (χ1v) is 18.1. The first-order chi connectivity index (χ1) is 23.1. The zero-order valence-corrected chi connectivity index (χ0v) is 28.5. The zero-order chi connectivity index (χ0) is 32.9. The second-order valence-corrected chi connectivity index (χ2v) is 12.8. The van der Waals surface area contributed by atoms with E-state index in [4.69, 9.17) is 9.47 Å². The fourth-order valence-electron chi connectivity index (χ4n) is 5.97. The first-order valence-electron chi connectivity index (χ1n) is 18.1. The third kappa shape index (κ3) is 13.4. The Morgan fingerprint density at radius 2 is 0.979 bits per heavy atom. The number of hydrogen-bond acceptors (Lipinski definition) is 4. The zero-order valence-electron chi connectivity index (χ0n) is 28.5. The topological polar surface area (TPSA) is 52.6 Å². The van der Waals surface area contributed by atoms with E-state index < -0.39 is 0 Å². The normalized spacial score (nSPS) is 12.4. The Kier molecular flexibility index (Phi) is 16.1. The molecule has 0 saturated carbocycles. The molecule has 0 aromatic heterocycles. The Morgan fingerprint density at radius 1 is 0.532 bits per heavy atom. The Morgan fingerprint density at radius 3 is 1.51 bits per heavy atom. The highest BCUT2D eigenvalue weighted by Crippen LogP contribution is 2.24. The molecule has 0 bridgehead atoms. The minimum Gasteiger partial charge on any atom is -0.494 e. The van der Waals surface area contributed by atoms with Crippen LogP contribution in [0.25, 0.3) is 0 Å². The summed E-state index contributed by atoms with van der Waals surface area (Å²) in [5, 5.41) is 0. The summed E-state index contributed by atoms with van der Waals surface area (Å²) < 4.78 is 11.9. The highest BCUT2D eigenvalue weighted by atomic mass is 16.5. The number of rotatable bonds is 24. The molecule has 4 heteroatoms. The molecule has 3 aromatic carbocycles. The summed E-state index contributed by atoms with van der Waals surface area (Å²) in [5.74, 6) is 1.45. The molecule has 0 fully saturated rings. The summed E-state index contributed by atoms with van der Waals surface area (Å²) in [6.07, 6.45) is 27.1. The van der Waals surface area contributed by atoms with Gasteiger partial charge in [0.1, 0.15) is 18.1 Å². The fraction of sp³-hybridized carbons (Fsp3) is 0.442. The number of hydrogen-bond donors (Lipinski definition) is 0. The maximum absolute atomic E-state index is 12.8. The van der Waals surface area contributed by atoms with Gasteiger partial charge in [-0.2, -0.15) is 0 Å². The molecule has 1 aliphatic carbocycles. The highest BCUT2D eigenvalue weighted by molar-refractivity contribution is 6.13. The molecule has 0 radical (unpaired) electrons. The van der Waals surface area contributed by atoms with E-state index in [1.54, 1.807) is 24.3 Å². The maximum Gasteiger partial charge on any atom is 0.170 e. The lowest BCUT2D eigenvalue weighted by atomic mass is 9.96. The standard InChI is InChI=1S/C43H54O4/c1-2-3-4-5-6-7-8-9-10-11-12-13-14-17-32-46-40-28-20-35(21-29-40)34-47-41-30-26-39(27-31-41)43(45)33-42(44)38-24-22-37(23-25-38)36-18-15-16-19-36/h15-16,18-31,36H,2-14,17,32-34H2,1H3. The Hall–Kier alpha value is -3.92. The van der Waals surface area contributed by atoms with Gasteiger partial charge in [-0.1, -0.05) is 151 Å². The van der Waals surface area contributed by atoms with Crippen LogP contribution in [0.2, 0.25) is 0 Å². The van der Waals surface area contributed by atoms with Crippen LogP contribution >= 0.6 is 0 Å². The average molecular weight is 635 g/mol. The second kappa shape index (κ2) is 21.1. The van der Waals surface area contributed by atoms with Crippen LogP contribution in [0, 0.1) is 0 Å². The highest BCUT2D eigenvalue weighted by Gasteiger charge is 2.15.